The van der Waals surface area contributed by atoms with Crippen molar-refractivity contribution in [1.82, 2.24) is 5.32 Å². The maximum Gasteiger partial charge on any atom is 0.257 e. The number of rotatable bonds is 8. The molecule has 3 rings (SSSR count). The van der Waals surface area contributed by atoms with Crippen LogP contribution < -0.4 is 10.1 Å². The summed E-state index contributed by atoms with van der Waals surface area (Å²) in [5, 5.41) is 1.40. The zero-order valence-corrected chi connectivity index (χ0v) is 16.5. The Hall–Kier alpha value is -3.13. The highest BCUT2D eigenvalue weighted by atomic mass is 32.2. The average Bonchev–Trinajstić information content (AvgIpc) is 3.23. The van der Waals surface area contributed by atoms with Gasteiger partial charge in [0.2, 0.25) is 0 Å². The number of hydrogen-bond donors (Lipinski definition) is 1. The second-order valence-electron chi connectivity index (χ2n) is 6.37. The lowest BCUT2D eigenvalue weighted by Gasteiger charge is -2.17. The zero-order valence-electron chi connectivity index (χ0n) is 15.7. The predicted molar refractivity (Wildman–Crippen MR) is 105 cm³/mol. The van der Waals surface area contributed by atoms with Crippen LogP contribution in [0, 0.1) is 12.7 Å². The maximum atomic E-state index is 13.6. The van der Waals surface area contributed by atoms with Crippen LogP contribution >= 0.6 is 0 Å². The van der Waals surface area contributed by atoms with Gasteiger partial charge in [-0.3, -0.25) is 4.79 Å². The molecule has 152 valence electrons. The van der Waals surface area contributed by atoms with E-state index in [9.17, 15) is 17.6 Å². The molecule has 1 unspecified atom stereocenters. The summed E-state index contributed by atoms with van der Waals surface area (Å²) in [6.07, 6.45) is 1.36. The number of halogens is 1. The van der Waals surface area contributed by atoms with E-state index in [1.54, 1.807) is 30.3 Å². The first-order valence-electron chi connectivity index (χ1n) is 8.86. The van der Waals surface area contributed by atoms with Crippen LogP contribution in [0.4, 0.5) is 4.39 Å². The SMILES string of the molecule is Cc1cc(S(=O)(=O)C(CNC(=O)COc2ccccc2)c2ccco2)ccc1F. The van der Waals surface area contributed by atoms with Crippen molar-refractivity contribution >= 4 is 15.7 Å². The molecule has 2 aromatic carbocycles. The van der Waals surface area contributed by atoms with Crippen molar-refractivity contribution in [2.75, 3.05) is 13.2 Å². The highest BCUT2D eigenvalue weighted by Gasteiger charge is 2.32. The highest BCUT2D eigenvalue weighted by Crippen LogP contribution is 2.29. The number of nitrogens with one attached hydrogen (secondary N) is 1. The molecule has 29 heavy (non-hydrogen) atoms. The Morgan fingerprint density at radius 2 is 1.90 bits per heavy atom. The number of para-hydroxylation sites is 1. The molecule has 0 saturated carbocycles. The molecule has 0 saturated heterocycles. The van der Waals surface area contributed by atoms with E-state index in [0.29, 0.717) is 5.75 Å². The third-order valence-corrected chi connectivity index (χ3v) is 6.35. The fraction of sp³-hybridized carbons (Fsp3) is 0.190. The lowest BCUT2D eigenvalue weighted by atomic mass is 10.2. The van der Waals surface area contributed by atoms with Crippen LogP contribution in [-0.2, 0) is 14.6 Å². The Bertz CT molecular complexity index is 1070. The molecule has 3 aromatic rings. The molecular formula is C21H20FNO5S. The monoisotopic (exact) mass is 417 g/mol. The van der Waals surface area contributed by atoms with E-state index in [0.717, 1.165) is 6.07 Å². The van der Waals surface area contributed by atoms with E-state index < -0.39 is 26.8 Å². The maximum absolute atomic E-state index is 13.6. The van der Waals surface area contributed by atoms with E-state index >= 15 is 0 Å². The second kappa shape index (κ2) is 8.91. The molecule has 1 aromatic heterocycles. The molecule has 0 aliphatic carbocycles. The molecule has 0 aliphatic rings. The summed E-state index contributed by atoms with van der Waals surface area (Å²) in [5.41, 5.74) is 0.213. The molecule has 0 spiro atoms. The van der Waals surface area contributed by atoms with Crippen LogP contribution in [0.15, 0.2) is 76.2 Å². The van der Waals surface area contributed by atoms with E-state index in [2.05, 4.69) is 5.32 Å². The molecule has 1 amide bonds. The second-order valence-corrected chi connectivity index (χ2v) is 8.50. The number of ether oxygens (including phenoxy) is 1. The van der Waals surface area contributed by atoms with E-state index in [4.69, 9.17) is 9.15 Å². The van der Waals surface area contributed by atoms with Crippen LogP contribution in [0.3, 0.4) is 0 Å². The van der Waals surface area contributed by atoms with Crippen molar-refractivity contribution in [3.63, 3.8) is 0 Å². The molecule has 0 radical (unpaired) electrons. The number of aryl methyl sites for hydroxylation is 1. The summed E-state index contributed by atoms with van der Waals surface area (Å²) >= 11 is 0. The van der Waals surface area contributed by atoms with Crippen LogP contribution in [-0.4, -0.2) is 27.5 Å². The van der Waals surface area contributed by atoms with E-state index in [1.807, 2.05) is 6.07 Å². The van der Waals surface area contributed by atoms with Gasteiger partial charge in [0.1, 0.15) is 22.6 Å². The first-order valence-corrected chi connectivity index (χ1v) is 10.4. The fourth-order valence-electron chi connectivity index (χ4n) is 2.72. The lowest BCUT2D eigenvalue weighted by Crippen LogP contribution is -2.34. The minimum absolute atomic E-state index is 0.0485. The largest absolute Gasteiger partial charge is 0.484 e. The van der Waals surface area contributed by atoms with E-state index in [-0.39, 0.29) is 29.4 Å². The van der Waals surface area contributed by atoms with Crippen molar-refractivity contribution in [3.8, 4) is 5.75 Å². The van der Waals surface area contributed by atoms with Gasteiger partial charge < -0.3 is 14.5 Å². The normalized spacial score (nSPS) is 12.3. The van der Waals surface area contributed by atoms with Gasteiger partial charge >= 0.3 is 0 Å². The predicted octanol–water partition coefficient (Wildman–Crippen LogP) is 3.44. The number of carbonyl (C=O) groups is 1. The quantitative estimate of drug-likeness (QED) is 0.568. The minimum Gasteiger partial charge on any atom is -0.484 e. The molecule has 8 heteroatoms. The van der Waals surface area contributed by atoms with Gasteiger partial charge in [-0.1, -0.05) is 18.2 Å². The molecule has 1 atom stereocenters. The summed E-state index contributed by atoms with van der Waals surface area (Å²) in [4.78, 5) is 12.1. The van der Waals surface area contributed by atoms with Gasteiger partial charge in [-0.05, 0) is 55.0 Å². The van der Waals surface area contributed by atoms with Crippen LogP contribution in [0.2, 0.25) is 0 Å². The Morgan fingerprint density at radius 3 is 2.55 bits per heavy atom. The fourth-order valence-corrected chi connectivity index (χ4v) is 4.39. The van der Waals surface area contributed by atoms with E-state index in [1.165, 1.54) is 31.4 Å². The van der Waals surface area contributed by atoms with Gasteiger partial charge in [-0.25, -0.2) is 12.8 Å². The standard InChI is InChI=1S/C21H20FNO5S/c1-15-12-17(9-10-18(15)22)29(25,26)20(19-8-5-11-27-19)13-23-21(24)14-28-16-6-3-2-4-7-16/h2-12,20H,13-14H2,1H3,(H,23,24). The van der Waals surface area contributed by atoms with Crippen molar-refractivity contribution in [2.45, 2.75) is 17.1 Å². The lowest BCUT2D eigenvalue weighted by molar-refractivity contribution is -0.123. The minimum atomic E-state index is -3.94. The third-order valence-electron chi connectivity index (χ3n) is 4.29. The summed E-state index contributed by atoms with van der Waals surface area (Å²) in [7, 11) is -3.94. The topological polar surface area (TPSA) is 85.6 Å². The number of furan rings is 1. The molecule has 6 nitrogen and oxygen atoms in total. The highest BCUT2D eigenvalue weighted by molar-refractivity contribution is 7.91. The van der Waals surface area contributed by atoms with Gasteiger partial charge in [0, 0.05) is 6.54 Å². The van der Waals surface area contributed by atoms with Crippen molar-refractivity contribution in [1.29, 1.82) is 0 Å². The van der Waals surface area contributed by atoms with Gasteiger partial charge in [0.25, 0.3) is 5.91 Å². The van der Waals surface area contributed by atoms with Gasteiger partial charge in [-0.15, -0.1) is 0 Å². The number of benzene rings is 2. The summed E-state index contributed by atoms with van der Waals surface area (Å²) in [6.45, 7) is 1.01. The summed E-state index contributed by atoms with van der Waals surface area (Å²) in [5.74, 6) is -0.267. The Morgan fingerprint density at radius 1 is 1.14 bits per heavy atom. The van der Waals surface area contributed by atoms with Crippen LogP contribution in [0.5, 0.6) is 5.75 Å². The first kappa shape index (κ1) is 20.6. The van der Waals surface area contributed by atoms with Crippen molar-refractivity contribution in [3.05, 3.63) is 84.1 Å². The molecule has 0 fully saturated rings. The number of hydrogen-bond acceptors (Lipinski definition) is 5. The van der Waals surface area contributed by atoms with Crippen molar-refractivity contribution < 1.29 is 26.8 Å². The number of sulfone groups is 1. The average molecular weight is 417 g/mol. The van der Waals surface area contributed by atoms with Crippen molar-refractivity contribution in [2.24, 2.45) is 0 Å². The Labute approximate surface area is 168 Å². The molecule has 1 heterocycles. The van der Waals surface area contributed by atoms with Crippen LogP contribution in [0.1, 0.15) is 16.6 Å². The Kier molecular flexibility index (Phi) is 6.33. The Balaban J connectivity index is 1.74. The number of amides is 1. The molecule has 0 aliphatic heterocycles. The molecular weight excluding hydrogens is 397 g/mol. The van der Waals surface area contributed by atoms with Gasteiger partial charge in [0.05, 0.1) is 11.2 Å². The number of carbonyl (C=O) groups excluding carboxylic acids is 1. The summed E-state index contributed by atoms with van der Waals surface area (Å²) < 4.78 is 50.4. The molecule has 1 N–H and O–H groups in total. The van der Waals surface area contributed by atoms with Crippen LogP contribution in [0.25, 0.3) is 0 Å². The zero-order chi connectivity index (χ0) is 20.9. The molecule has 0 bridgehead atoms. The first-order chi connectivity index (χ1) is 13.9. The smallest absolute Gasteiger partial charge is 0.257 e. The van der Waals surface area contributed by atoms with Gasteiger partial charge in [-0.2, -0.15) is 0 Å². The summed E-state index contributed by atoms with van der Waals surface area (Å²) in [6, 6.07) is 15.4. The third kappa shape index (κ3) is 5.03. The van der Waals surface area contributed by atoms with Gasteiger partial charge in [0.15, 0.2) is 16.4 Å².